The lowest BCUT2D eigenvalue weighted by Crippen LogP contribution is -2.13. The van der Waals surface area contributed by atoms with Crippen molar-refractivity contribution in [3.8, 4) is 0 Å². The summed E-state index contributed by atoms with van der Waals surface area (Å²) < 4.78 is 433. The molecule has 0 aliphatic heterocycles. The first-order chi connectivity index (χ1) is 46.1. The van der Waals surface area contributed by atoms with Gasteiger partial charge in [-0.2, -0.15) is 0 Å². The minimum Gasteiger partial charge on any atom is -0.243 e. The zero-order valence-electron chi connectivity index (χ0n) is 51.8. The molecule has 0 fully saturated rings. The molecule has 4 unspecified atom stereocenters. The van der Waals surface area contributed by atoms with E-state index in [1.807, 2.05) is 31.2 Å². The Morgan fingerprint density at radius 1 is 0.210 bits per heavy atom. The van der Waals surface area contributed by atoms with Crippen LogP contribution in [0.1, 0.15) is 111 Å². The predicted molar refractivity (Wildman–Crippen MR) is 295 cm³/mol. The van der Waals surface area contributed by atoms with Gasteiger partial charge in [-0.1, -0.05) is 59.7 Å². The summed E-state index contributed by atoms with van der Waals surface area (Å²) >= 11 is 0. The largest absolute Gasteiger partial charge is 0.243 e. The molecular weight excluding hydrogens is 1430 g/mol. The second-order valence-electron chi connectivity index (χ2n) is 21.2. The first kappa shape index (κ1) is 83.4. The molecule has 0 aliphatic carbocycles. The van der Waals surface area contributed by atoms with Crippen molar-refractivity contribution in [1.29, 1.82) is 0 Å². The maximum atomic E-state index is 14.1. The first-order valence-corrected chi connectivity index (χ1v) is 27.6. The molecule has 4 atom stereocenters. The van der Waals surface area contributed by atoms with Crippen molar-refractivity contribution in [3.63, 3.8) is 0 Å². The molecule has 0 aliphatic rings. The van der Waals surface area contributed by atoms with Crippen LogP contribution in [0.2, 0.25) is 0 Å². The van der Waals surface area contributed by atoms with Gasteiger partial charge in [0.15, 0.2) is 145 Å². The lowest BCUT2D eigenvalue weighted by Gasteiger charge is -2.15. The van der Waals surface area contributed by atoms with Gasteiger partial charge in [-0.3, -0.25) is 0 Å². The van der Waals surface area contributed by atoms with Crippen molar-refractivity contribution in [3.05, 3.63) is 290 Å². The number of halogens is 33. The Hall–Kier alpha value is -9.07. The Morgan fingerprint density at radius 2 is 0.430 bits per heavy atom. The van der Waals surface area contributed by atoms with Gasteiger partial charge in [0.2, 0.25) is 11.6 Å². The molecule has 0 radical (unpaired) electrons. The predicted octanol–water partition coefficient (Wildman–Crippen LogP) is 24.0. The van der Waals surface area contributed by atoms with Crippen LogP contribution in [-0.2, 0) is 12.8 Å². The van der Waals surface area contributed by atoms with Gasteiger partial charge in [0.1, 0.15) is 36.3 Å². The molecule has 0 aromatic heterocycles. The molecule has 9 aromatic rings. The molecule has 9 rings (SSSR count). The van der Waals surface area contributed by atoms with Crippen LogP contribution in [0.25, 0.3) is 10.8 Å². The molecule has 0 saturated carbocycles. The standard InChI is InChI=1S/C15H6F10.C15H10F6.C11H3F7.C9H7F5.C9H11F.C8H6F4/c1-3-7(17)11(21)6(12(22)8(3)18)5(16)2-4-9(19)13(23)15(25)14(24)10(4)20;1-7-2-4-8(5-3-7)10(16)6-9-11(17)13(19)15(21)14(20)12(9)18;1-2-5(12)3-4(7(14)6(2)13)9(16)11(18)10(17)8(3)15;1-3-6(11)8(13)5(4(2)10)9(14)7(3)12;1-7-3-5-9(6-4-7)8(2)10;1-3-5(9)4(2)7(11)8(12)6(3)10/h5H,2H2,1H3;2-5,10H,6H2,1H3;1H3;4H,1-2H3;3-6,8H,1-2H3;1-2H3. The van der Waals surface area contributed by atoms with Gasteiger partial charge in [0.25, 0.3) is 0 Å². The molecular formula is C67H43F33. The lowest BCUT2D eigenvalue weighted by molar-refractivity contribution is 0.292. The van der Waals surface area contributed by atoms with Gasteiger partial charge in [-0.15, -0.1) is 0 Å². The number of aryl methyl sites for hydroxylation is 2. The average Bonchev–Trinajstić information content (AvgIpc) is 0.747. The SMILES string of the molecule is Cc1c(F)c(C)c(F)c(F)c1F.Cc1c(F)c(F)c(C(C)F)c(F)c1F.Cc1c(F)c(F)c(C(F)Cc2c(F)c(F)c(F)c(F)c2F)c(F)c1F.Cc1c(F)c(F)c2c(F)c(F)c(F)c(F)c2c1F.Cc1ccc(C(C)F)cc1.Cc1ccc(C(F)Cc2c(F)c(F)c(F)c(F)c2F)cc1. The highest BCUT2D eigenvalue weighted by Crippen LogP contribution is 2.38. The molecule has 0 nitrogen and oxygen atoms in total. The van der Waals surface area contributed by atoms with Crippen LogP contribution in [-0.4, -0.2) is 0 Å². The van der Waals surface area contributed by atoms with Crippen molar-refractivity contribution < 1.29 is 145 Å². The second kappa shape index (κ2) is 33.9. The minimum atomic E-state index is -3.13. The number of fused-ring (bicyclic) bond motifs is 1. The van der Waals surface area contributed by atoms with Gasteiger partial charge in [0.05, 0.1) is 21.9 Å². The summed E-state index contributed by atoms with van der Waals surface area (Å²) in [4.78, 5) is 0. The fraction of sp³-hybridized carbons (Fsp3) is 0.224. The van der Waals surface area contributed by atoms with E-state index in [4.69, 9.17) is 0 Å². The average molecular weight is 1480 g/mol. The minimum absolute atomic E-state index is 0.101. The molecule has 0 saturated heterocycles. The van der Waals surface area contributed by atoms with Crippen LogP contribution >= 0.6 is 0 Å². The van der Waals surface area contributed by atoms with Crippen molar-refractivity contribution in [2.75, 3.05) is 0 Å². The van der Waals surface area contributed by atoms with Crippen molar-refractivity contribution in [2.45, 2.75) is 99.8 Å². The zero-order chi connectivity index (χ0) is 76.8. The van der Waals surface area contributed by atoms with Crippen molar-refractivity contribution in [2.24, 2.45) is 0 Å². The highest BCUT2D eigenvalue weighted by Gasteiger charge is 2.35. The normalized spacial score (nSPS) is 12.2. The quantitative estimate of drug-likeness (QED) is 0.0808. The van der Waals surface area contributed by atoms with Crippen LogP contribution < -0.4 is 0 Å². The van der Waals surface area contributed by atoms with Crippen LogP contribution in [0.3, 0.4) is 0 Å². The molecule has 0 N–H and O–H groups in total. The Balaban J connectivity index is 0.000000261. The van der Waals surface area contributed by atoms with E-state index in [1.54, 1.807) is 26.0 Å². The highest BCUT2D eigenvalue weighted by atomic mass is 19.2. The molecule has 100 heavy (non-hydrogen) atoms. The van der Waals surface area contributed by atoms with Gasteiger partial charge in [-0.05, 0) is 73.4 Å². The monoisotopic (exact) mass is 1470 g/mol. The maximum absolute atomic E-state index is 14.1. The fourth-order valence-corrected chi connectivity index (χ4v) is 8.49. The van der Waals surface area contributed by atoms with E-state index in [1.165, 1.54) is 17.7 Å². The van der Waals surface area contributed by atoms with Gasteiger partial charge in [-0.25, -0.2) is 145 Å². The summed E-state index contributed by atoms with van der Waals surface area (Å²) in [6, 6.07) is 13.4. The molecule has 0 spiro atoms. The fourth-order valence-electron chi connectivity index (χ4n) is 8.49. The maximum Gasteiger partial charge on any atom is 0.200 e. The lowest BCUT2D eigenvalue weighted by atomic mass is 9.98. The van der Waals surface area contributed by atoms with Crippen molar-refractivity contribution in [1.82, 2.24) is 0 Å². The number of alkyl halides is 4. The smallest absolute Gasteiger partial charge is 0.200 e. The van der Waals surface area contributed by atoms with E-state index in [2.05, 4.69) is 0 Å². The summed E-state index contributed by atoms with van der Waals surface area (Å²) in [5, 5.41) is -3.05. The van der Waals surface area contributed by atoms with E-state index in [0.29, 0.717) is 6.92 Å². The van der Waals surface area contributed by atoms with Crippen LogP contribution in [0.15, 0.2) is 48.5 Å². The van der Waals surface area contributed by atoms with E-state index >= 15 is 0 Å². The Kier molecular flexibility index (Phi) is 28.2. The highest BCUT2D eigenvalue weighted by molar-refractivity contribution is 5.86. The number of rotatable bonds is 8. The number of benzene rings is 9. The molecule has 542 valence electrons. The van der Waals surface area contributed by atoms with Crippen molar-refractivity contribution >= 4 is 10.8 Å². The van der Waals surface area contributed by atoms with E-state index in [-0.39, 0.29) is 5.56 Å². The summed E-state index contributed by atoms with van der Waals surface area (Å²) in [5.74, 6) is -57.2. The third kappa shape index (κ3) is 17.4. The van der Waals surface area contributed by atoms with Crippen LogP contribution in [0.5, 0.6) is 0 Å². The van der Waals surface area contributed by atoms with Gasteiger partial charge < -0.3 is 0 Å². The topological polar surface area (TPSA) is 0 Å². The summed E-state index contributed by atoms with van der Waals surface area (Å²) in [6.45, 7) is 10.5. The Labute approximate surface area is 543 Å². The summed E-state index contributed by atoms with van der Waals surface area (Å²) in [5.41, 5.74) is -6.89. The van der Waals surface area contributed by atoms with Gasteiger partial charge in [0, 0.05) is 51.8 Å². The second-order valence-corrected chi connectivity index (χ2v) is 21.2. The van der Waals surface area contributed by atoms with E-state index in [0.717, 1.165) is 45.7 Å². The summed E-state index contributed by atoms with van der Waals surface area (Å²) in [7, 11) is 0. The Bertz CT molecular complexity index is 4190. The summed E-state index contributed by atoms with van der Waals surface area (Å²) in [6.07, 6.45) is -10.6. The third-order valence-electron chi connectivity index (χ3n) is 14.3. The molecule has 9 aromatic carbocycles. The molecule has 0 amide bonds. The Morgan fingerprint density at radius 3 is 0.750 bits per heavy atom. The number of hydrogen-bond acceptors (Lipinski definition) is 0. The molecule has 0 heterocycles. The molecule has 33 heteroatoms. The van der Waals surface area contributed by atoms with E-state index in [9.17, 15) is 145 Å². The van der Waals surface area contributed by atoms with Crippen LogP contribution in [0, 0.1) is 217 Å². The number of hydrogen-bond donors (Lipinski definition) is 0. The van der Waals surface area contributed by atoms with E-state index < -0.39 is 267 Å². The first-order valence-electron chi connectivity index (χ1n) is 27.6. The zero-order valence-corrected chi connectivity index (χ0v) is 51.8. The van der Waals surface area contributed by atoms with Crippen LogP contribution in [0.4, 0.5) is 145 Å². The molecule has 0 bridgehead atoms. The van der Waals surface area contributed by atoms with Gasteiger partial charge >= 0.3 is 0 Å². The third-order valence-corrected chi connectivity index (χ3v) is 14.3.